The zero-order valence-electron chi connectivity index (χ0n) is 11.0. The number of aromatic nitrogens is 2. The molecule has 1 aromatic carbocycles. The minimum Gasteiger partial charge on any atom is -0.436 e. The van der Waals surface area contributed by atoms with Crippen molar-refractivity contribution in [3.63, 3.8) is 0 Å². The largest absolute Gasteiger partial charge is 0.436 e. The van der Waals surface area contributed by atoms with E-state index in [1.54, 1.807) is 0 Å². The molecular formula is C14H12FN5O. The number of nitrogens with zero attached hydrogens (tertiary/aromatic N) is 3. The summed E-state index contributed by atoms with van der Waals surface area (Å²) in [4.78, 5) is 8.50. The molecule has 1 aromatic heterocycles. The van der Waals surface area contributed by atoms with Crippen LogP contribution in [-0.2, 0) is 0 Å². The number of hydrazine groups is 1. The van der Waals surface area contributed by atoms with Crippen molar-refractivity contribution in [2.24, 2.45) is 5.84 Å². The van der Waals surface area contributed by atoms with Gasteiger partial charge in [-0.25, -0.2) is 15.2 Å². The maximum absolute atomic E-state index is 13.8. The van der Waals surface area contributed by atoms with Crippen LogP contribution in [0.15, 0.2) is 24.3 Å². The van der Waals surface area contributed by atoms with E-state index in [9.17, 15) is 4.39 Å². The SMILES string of the molecule is N#Cc1ccc(Oc2cc(NN)nc(C3CC3)n2)c(F)c1. The Bertz CT molecular complexity index is 724. The van der Waals surface area contributed by atoms with E-state index >= 15 is 0 Å². The molecular weight excluding hydrogens is 273 g/mol. The first kappa shape index (κ1) is 13.3. The topological polar surface area (TPSA) is 96.8 Å². The fourth-order valence-electron chi connectivity index (χ4n) is 1.86. The highest BCUT2D eigenvalue weighted by Crippen LogP contribution is 2.39. The van der Waals surface area contributed by atoms with E-state index in [1.807, 2.05) is 6.07 Å². The van der Waals surface area contributed by atoms with Gasteiger partial charge in [0.15, 0.2) is 11.6 Å². The van der Waals surface area contributed by atoms with Gasteiger partial charge in [-0.3, -0.25) is 0 Å². The summed E-state index contributed by atoms with van der Waals surface area (Å²) < 4.78 is 19.3. The van der Waals surface area contributed by atoms with Gasteiger partial charge in [0.1, 0.15) is 11.6 Å². The van der Waals surface area contributed by atoms with E-state index in [0.717, 1.165) is 18.9 Å². The number of nitrogens with one attached hydrogen (secondary N) is 1. The molecule has 1 heterocycles. The third-order valence-electron chi connectivity index (χ3n) is 3.09. The Morgan fingerprint density at radius 3 is 2.76 bits per heavy atom. The van der Waals surface area contributed by atoms with Gasteiger partial charge in [-0.2, -0.15) is 10.2 Å². The molecule has 2 aromatic rings. The minimum atomic E-state index is -0.622. The van der Waals surface area contributed by atoms with Gasteiger partial charge in [0.25, 0.3) is 0 Å². The van der Waals surface area contributed by atoms with Crippen LogP contribution in [0.2, 0.25) is 0 Å². The number of ether oxygens (including phenoxy) is 1. The average molecular weight is 285 g/mol. The van der Waals surface area contributed by atoms with Crippen molar-refractivity contribution in [1.82, 2.24) is 9.97 Å². The molecule has 3 N–H and O–H groups in total. The Labute approximate surface area is 120 Å². The summed E-state index contributed by atoms with van der Waals surface area (Å²) in [5, 5.41) is 8.72. The molecule has 0 aliphatic heterocycles. The van der Waals surface area contributed by atoms with Gasteiger partial charge < -0.3 is 10.2 Å². The van der Waals surface area contributed by atoms with Crippen molar-refractivity contribution in [2.75, 3.05) is 5.43 Å². The van der Waals surface area contributed by atoms with Crippen molar-refractivity contribution in [2.45, 2.75) is 18.8 Å². The fourth-order valence-corrected chi connectivity index (χ4v) is 1.86. The summed E-state index contributed by atoms with van der Waals surface area (Å²) in [6.07, 6.45) is 2.05. The third kappa shape index (κ3) is 2.90. The molecule has 1 saturated carbocycles. The summed E-state index contributed by atoms with van der Waals surface area (Å²) in [5.41, 5.74) is 2.67. The molecule has 0 spiro atoms. The monoisotopic (exact) mass is 285 g/mol. The first-order chi connectivity index (χ1) is 10.2. The number of benzene rings is 1. The van der Waals surface area contributed by atoms with Crippen LogP contribution < -0.4 is 16.0 Å². The van der Waals surface area contributed by atoms with Crippen LogP contribution in [0, 0.1) is 17.1 Å². The Kier molecular flexibility index (Phi) is 3.38. The zero-order chi connectivity index (χ0) is 14.8. The maximum atomic E-state index is 13.8. The second-order valence-electron chi connectivity index (χ2n) is 4.73. The highest BCUT2D eigenvalue weighted by atomic mass is 19.1. The molecule has 7 heteroatoms. The molecule has 1 fully saturated rings. The molecule has 21 heavy (non-hydrogen) atoms. The number of hydrogen-bond donors (Lipinski definition) is 2. The molecule has 0 amide bonds. The molecule has 0 unspecified atom stereocenters. The summed E-state index contributed by atoms with van der Waals surface area (Å²) in [7, 11) is 0. The summed E-state index contributed by atoms with van der Waals surface area (Å²) in [5.74, 6) is 6.31. The molecule has 106 valence electrons. The number of halogens is 1. The van der Waals surface area contributed by atoms with Crippen molar-refractivity contribution < 1.29 is 9.13 Å². The normalized spacial score (nSPS) is 13.6. The van der Waals surface area contributed by atoms with E-state index in [1.165, 1.54) is 18.2 Å². The van der Waals surface area contributed by atoms with E-state index in [4.69, 9.17) is 15.8 Å². The van der Waals surface area contributed by atoms with Gasteiger partial charge in [-0.05, 0) is 31.0 Å². The molecule has 0 atom stereocenters. The number of anilines is 1. The molecule has 0 saturated heterocycles. The number of nitrogen functional groups attached to an aromatic ring is 1. The second-order valence-corrected chi connectivity index (χ2v) is 4.73. The Hall–Kier alpha value is -2.72. The third-order valence-corrected chi connectivity index (χ3v) is 3.09. The van der Waals surface area contributed by atoms with Crippen molar-refractivity contribution in [3.05, 3.63) is 41.5 Å². The Morgan fingerprint density at radius 2 is 2.14 bits per heavy atom. The summed E-state index contributed by atoms with van der Waals surface area (Å²) in [6, 6.07) is 7.33. The van der Waals surface area contributed by atoms with Crippen LogP contribution in [0.5, 0.6) is 11.6 Å². The van der Waals surface area contributed by atoms with E-state index in [0.29, 0.717) is 17.6 Å². The molecule has 0 bridgehead atoms. The van der Waals surface area contributed by atoms with Crippen molar-refractivity contribution >= 4 is 5.82 Å². The predicted octanol–water partition coefficient (Wildman–Crippen LogP) is 2.44. The van der Waals surface area contributed by atoms with Crippen molar-refractivity contribution in [3.8, 4) is 17.7 Å². The standard InChI is InChI=1S/C14H12FN5O/c15-10-5-8(7-16)1-4-11(10)21-13-6-12(20-17)18-14(19-13)9-2-3-9/h1,4-6,9H,2-3,17H2,(H,18,19,20). The fraction of sp³-hybridized carbons (Fsp3) is 0.214. The van der Waals surface area contributed by atoms with Gasteiger partial charge in [0, 0.05) is 12.0 Å². The van der Waals surface area contributed by atoms with Crippen molar-refractivity contribution in [1.29, 1.82) is 5.26 Å². The van der Waals surface area contributed by atoms with Crippen LogP contribution in [0.3, 0.4) is 0 Å². The van der Waals surface area contributed by atoms with Gasteiger partial charge in [-0.15, -0.1) is 0 Å². The molecule has 3 rings (SSSR count). The number of nitrogens with two attached hydrogens (primary N) is 1. The number of nitriles is 1. The number of hydrogen-bond acceptors (Lipinski definition) is 6. The van der Waals surface area contributed by atoms with Crippen LogP contribution in [0.4, 0.5) is 10.2 Å². The second kappa shape index (κ2) is 5.34. The predicted molar refractivity (Wildman–Crippen MR) is 73.0 cm³/mol. The quantitative estimate of drug-likeness (QED) is 0.661. The van der Waals surface area contributed by atoms with E-state index in [2.05, 4.69) is 15.4 Å². The molecule has 6 nitrogen and oxygen atoms in total. The van der Waals surface area contributed by atoms with Gasteiger partial charge in [0.2, 0.25) is 5.88 Å². The summed E-state index contributed by atoms with van der Waals surface area (Å²) >= 11 is 0. The lowest BCUT2D eigenvalue weighted by atomic mass is 10.2. The number of rotatable bonds is 4. The smallest absolute Gasteiger partial charge is 0.224 e. The molecule has 1 aliphatic rings. The Morgan fingerprint density at radius 1 is 1.33 bits per heavy atom. The summed E-state index contributed by atoms with van der Waals surface area (Å²) in [6.45, 7) is 0. The maximum Gasteiger partial charge on any atom is 0.224 e. The first-order valence-corrected chi connectivity index (χ1v) is 6.42. The lowest BCUT2D eigenvalue weighted by molar-refractivity contribution is 0.424. The zero-order valence-corrected chi connectivity index (χ0v) is 11.0. The van der Waals surface area contributed by atoms with Crippen LogP contribution in [0.1, 0.15) is 30.1 Å². The van der Waals surface area contributed by atoms with Crippen LogP contribution in [0.25, 0.3) is 0 Å². The minimum absolute atomic E-state index is 0.00239. The molecule has 0 radical (unpaired) electrons. The lowest BCUT2D eigenvalue weighted by Crippen LogP contribution is -2.10. The van der Waals surface area contributed by atoms with E-state index in [-0.39, 0.29) is 17.2 Å². The van der Waals surface area contributed by atoms with Gasteiger partial charge in [0.05, 0.1) is 11.6 Å². The van der Waals surface area contributed by atoms with Gasteiger partial charge in [-0.1, -0.05) is 0 Å². The van der Waals surface area contributed by atoms with E-state index < -0.39 is 5.82 Å². The van der Waals surface area contributed by atoms with Crippen LogP contribution >= 0.6 is 0 Å². The lowest BCUT2D eigenvalue weighted by Gasteiger charge is -2.09. The highest BCUT2D eigenvalue weighted by Gasteiger charge is 2.27. The van der Waals surface area contributed by atoms with Crippen LogP contribution in [-0.4, -0.2) is 9.97 Å². The highest BCUT2D eigenvalue weighted by molar-refractivity contribution is 5.41. The first-order valence-electron chi connectivity index (χ1n) is 6.42. The molecule has 1 aliphatic carbocycles. The average Bonchev–Trinajstić information content (AvgIpc) is 3.33. The Balaban J connectivity index is 1.90. The van der Waals surface area contributed by atoms with Gasteiger partial charge >= 0.3 is 0 Å².